The second kappa shape index (κ2) is 37.4. The van der Waals surface area contributed by atoms with Gasteiger partial charge in [-0.25, -0.2) is 4.98 Å². The van der Waals surface area contributed by atoms with Crippen molar-refractivity contribution in [2.45, 2.75) is 145 Å². The number of aromatic amines is 1. The molecule has 0 spiro atoms. The van der Waals surface area contributed by atoms with Gasteiger partial charge in [-0.1, -0.05) is 42.5 Å². The van der Waals surface area contributed by atoms with E-state index >= 15 is 0 Å². The predicted molar refractivity (Wildman–Crippen MR) is 329 cm³/mol. The van der Waals surface area contributed by atoms with Crippen molar-refractivity contribution in [2.75, 3.05) is 18.6 Å². The molecular formula is C56H75N15O22S2. The highest BCUT2D eigenvalue weighted by atomic mass is 32.3. The van der Waals surface area contributed by atoms with Crippen LogP contribution >= 0.6 is 11.8 Å². The van der Waals surface area contributed by atoms with Gasteiger partial charge in [0, 0.05) is 44.0 Å². The number of aliphatic carboxylic acids is 2. The van der Waals surface area contributed by atoms with Crippen molar-refractivity contribution in [3.63, 3.8) is 0 Å². The third-order valence-corrected chi connectivity index (χ3v) is 14.9. The number of nitrogens with one attached hydrogen (secondary N) is 12. The zero-order chi connectivity index (χ0) is 70.7. The lowest BCUT2D eigenvalue weighted by Gasteiger charge is -2.27. The highest BCUT2D eigenvalue weighted by Crippen LogP contribution is 2.17. The van der Waals surface area contributed by atoms with Gasteiger partial charge in [-0.2, -0.15) is 20.2 Å². The van der Waals surface area contributed by atoms with E-state index in [2.05, 4.69) is 72.6 Å². The van der Waals surface area contributed by atoms with Crippen molar-refractivity contribution in [2.24, 2.45) is 11.5 Å². The van der Waals surface area contributed by atoms with Crippen molar-refractivity contribution >= 4 is 111 Å². The maximum atomic E-state index is 14.2. The van der Waals surface area contributed by atoms with Crippen LogP contribution in [0.2, 0.25) is 0 Å². The summed E-state index contributed by atoms with van der Waals surface area (Å²) in [4.78, 5) is 204. The summed E-state index contributed by atoms with van der Waals surface area (Å²) >= 11 is 1.26. The molecule has 95 heavy (non-hydrogen) atoms. The summed E-state index contributed by atoms with van der Waals surface area (Å²) in [6, 6.07) is -3.54. The Bertz CT molecular complexity index is 3380. The molecule has 2 heterocycles. The third kappa shape index (κ3) is 27.4. The van der Waals surface area contributed by atoms with Gasteiger partial charge in [-0.15, -0.1) is 0 Å². The molecule has 11 atom stereocenters. The van der Waals surface area contributed by atoms with E-state index in [0.717, 1.165) is 31.2 Å². The molecule has 3 aromatic rings. The number of benzene rings is 2. The van der Waals surface area contributed by atoms with E-state index in [1.807, 2.05) is 0 Å². The van der Waals surface area contributed by atoms with Crippen LogP contribution < -0.4 is 74.1 Å². The number of imidazole rings is 1. The van der Waals surface area contributed by atoms with Gasteiger partial charge in [-0.05, 0) is 68.4 Å². The number of carboxylic acids is 2. The fourth-order valence-electron chi connectivity index (χ4n) is 9.01. The summed E-state index contributed by atoms with van der Waals surface area (Å²) in [5.41, 5.74) is 11.8. The molecule has 0 radical (unpaired) electrons. The Labute approximate surface area is 546 Å². The Kier molecular flexibility index (Phi) is 30.4. The molecule has 1 aliphatic rings. The summed E-state index contributed by atoms with van der Waals surface area (Å²) in [6.45, 7) is 1.25. The van der Waals surface area contributed by atoms with Crippen molar-refractivity contribution in [3.05, 3.63) is 83.9 Å². The minimum atomic E-state index is -5.01. The van der Waals surface area contributed by atoms with E-state index in [0.29, 0.717) is 11.3 Å². The topological polar surface area (TPSA) is 593 Å². The number of nitrogens with zero attached hydrogens (tertiary/aromatic N) is 1. The second-order valence-corrected chi connectivity index (χ2v) is 23.5. The Morgan fingerprint density at radius 1 is 0.642 bits per heavy atom. The van der Waals surface area contributed by atoms with Crippen LogP contribution in [0, 0.1) is 0 Å². The van der Waals surface area contributed by atoms with Crippen LogP contribution in [0.15, 0.2) is 67.1 Å². The van der Waals surface area contributed by atoms with E-state index in [1.54, 1.807) is 36.6 Å². The zero-order valence-corrected chi connectivity index (χ0v) is 52.9. The van der Waals surface area contributed by atoms with Crippen molar-refractivity contribution in [1.82, 2.24) is 68.5 Å². The molecule has 0 aliphatic carbocycles. The first kappa shape index (κ1) is 77.2. The van der Waals surface area contributed by atoms with Crippen molar-refractivity contribution in [1.29, 1.82) is 0 Å². The molecule has 39 heteroatoms. The summed E-state index contributed by atoms with van der Waals surface area (Å²) in [5, 5.41) is 55.7. The largest absolute Gasteiger partial charge is 0.481 e. The molecule has 0 bridgehead atoms. The first-order valence-electron chi connectivity index (χ1n) is 29.0. The van der Waals surface area contributed by atoms with E-state index in [-0.39, 0.29) is 43.4 Å². The predicted octanol–water partition coefficient (Wildman–Crippen LogP) is -6.77. The number of rotatable bonds is 40. The number of aromatic nitrogens is 2. The van der Waals surface area contributed by atoms with Gasteiger partial charge in [0.1, 0.15) is 66.2 Å². The van der Waals surface area contributed by atoms with Gasteiger partial charge >= 0.3 is 22.3 Å². The summed E-state index contributed by atoms with van der Waals surface area (Å²) in [5.74, 6) is -16.9. The standard InChI is InChI=1S/C56H75N15O22S2/c1-27(48(81)67-38(21-31-24-59-26-61-31)52(85)65-35(17-18-94-3)51(84)70-39(22-44(76)77)53(86)66-36(47(58)80)19-29-7-5-4-6-8-29)62-43(75)25-60-56(89)46(28(2)72)71-55(88)37(20-30-9-11-32(12-10-30)93-95(90,91)92)68-54(87)40(23-45(78)79)69-50(83)34(13-15-41(57)73)64-49(82)33-14-16-42(74)63-33/h4-12,24,26-28,33-40,46,72H,13-23,25H2,1-3H3,(H2,57,73)(H2,58,80)(H,59,61)(H,60,89)(H,62,75)(H,63,74)(H,64,82)(H,65,85)(H,66,86)(H,67,81)(H,68,87)(H,69,83)(H,70,84)(H,71,88)(H,76,77)(H,78,79)(H,90,91,92)/t27-,28+,33-,34-,35-,36-,37-,38-,39-,40-,46-/m0/s1. The van der Waals surface area contributed by atoms with E-state index < -0.39 is 210 Å². The third-order valence-electron chi connectivity index (χ3n) is 13.9. The van der Waals surface area contributed by atoms with Crippen LogP contribution in [0.25, 0.3) is 0 Å². The summed E-state index contributed by atoms with van der Waals surface area (Å²) < 4.78 is 36.2. The van der Waals surface area contributed by atoms with Crippen molar-refractivity contribution in [3.8, 4) is 5.75 Å². The minimum Gasteiger partial charge on any atom is -0.481 e. The molecule has 1 saturated heterocycles. The molecule has 20 N–H and O–H groups in total. The van der Waals surface area contributed by atoms with E-state index in [1.165, 1.54) is 31.2 Å². The molecule has 37 nitrogen and oxygen atoms in total. The van der Waals surface area contributed by atoms with Gasteiger partial charge in [0.25, 0.3) is 0 Å². The average Bonchev–Trinajstić information content (AvgIpc) is 1.47. The summed E-state index contributed by atoms with van der Waals surface area (Å²) in [7, 11) is -5.01. The average molecular weight is 1370 g/mol. The molecule has 13 amide bonds. The fraction of sp³-hybridized carbons (Fsp3) is 0.464. The van der Waals surface area contributed by atoms with Crippen LogP contribution in [0.5, 0.6) is 5.75 Å². The lowest BCUT2D eigenvalue weighted by atomic mass is 10.0. The molecule has 1 fully saturated rings. The monoisotopic (exact) mass is 1370 g/mol. The van der Waals surface area contributed by atoms with Crippen LogP contribution in [0.1, 0.15) is 75.6 Å². The van der Waals surface area contributed by atoms with Gasteiger partial charge in [0.2, 0.25) is 76.8 Å². The molecule has 1 aromatic heterocycles. The molecule has 1 aliphatic heterocycles. The number of thioether (sulfide) groups is 1. The maximum Gasteiger partial charge on any atom is 0.446 e. The number of primary amides is 2. The molecule has 0 saturated carbocycles. The Morgan fingerprint density at radius 3 is 1.66 bits per heavy atom. The molecule has 2 aromatic carbocycles. The Morgan fingerprint density at radius 2 is 1.15 bits per heavy atom. The van der Waals surface area contributed by atoms with Crippen LogP contribution in [-0.4, -0.2) is 212 Å². The number of carboxylic acid groups (broad SMARTS) is 2. The SMILES string of the molecule is CSCC[C@H](NC(=O)[C@H](Cc1cnc[nH]1)NC(=O)[C@H](C)NC(=O)CNC(=O)[C@@H](NC(=O)[C@H](Cc1ccc(OS(=O)(=O)O)cc1)NC(=O)[C@H](CC(=O)O)NC(=O)[C@H](CCC(N)=O)NC(=O)[C@@H]1CCC(=O)N1)[C@@H](C)O)C(=O)N[C@@H](CC(=O)O)C(=O)N[C@@H](Cc1ccccc1)C(N)=O. The van der Waals surface area contributed by atoms with Crippen LogP contribution in [0.3, 0.4) is 0 Å². The van der Waals surface area contributed by atoms with Gasteiger partial charge < -0.3 is 94.4 Å². The quantitative estimate of drug-likeness (QED) is 0.0235. The Balaban J connectivity index is 1.49. The number of carbonyl (C=O) groups excluding carboxylic acids is 13. The lowest BCUT2D eigenvalue weighted by molar-refractivity contribution is -0.142. The minimum absolute atomic E-state index is 0.0247. The normalized spacial score (nSPS) is 15.8. The molecule has 0 unspecified atom stereocenters. The summed E-state index contributed by atoms with van der Waals surface area (Å²) in [6.07, 6.45) is -1.70. The van der Waals surface area contributed by atoms with E-state index in [9.17, 15) is 95.7 Å². The number of H-pyrrole nitrogens is 1. The maximum absolute atomic E-state index is 14.2. The van der Waals surface area contributed by atoms with Crippen LogP contribution in [0.4, 0.5) is 0 Å². The lowest BCUT2D eigenvalue weighted by Crippen LogP contribution is -2.61. The van der Waals surface area contributed by atoms with Crippen molar-refractivity contribution < 1.29 is 104 Å². The number of hydrogen-bond donors (Lipinski definition) is 18. The van der Waals surface area contributed by atoms with Gasteiger partial charge in [-0.3, -0.25) is 76.5 Å². The zero-order valence-electron chi connectivity index (χ0n) is 51.2. The number of hydrogen-bond acceptors (Lipinski definition) is 21. The Hall–Kier alpha value is -10.3. The first-order chi connectivity index (χ1) is 44.7. The molecular weight excluding hydrogens is 1300 g/mol. The first-order valence-corrected chi connectivity index (χ1v) is 31.7. The second-order valence-electron chi connectivity index (χ2n) is 21.5. The number of aliphatic hydroxyl groups is 1. The van der Waals surface area contributed by atoms with Gasteiger partial charge in [0.15, 0.2) is 0 Å². The van der Waals surface area contributed by atoms with Crippen LogP contribution in [-0.2, 0) is 102 Å². The molecule has 518 valence electrons. The van der Waals surface area contributed by atoms with Gasteiger partial charge in [0.05, 0.1) is 31.8 Å². The number of carbonyl (C=O) groups is 15. The smallest absolute Gasteiger partial charge is 0.446 e. The highest BCUT2D eigenvalue weighted by Gasteiger charge is 2.37. The number of nitrogens with two attached hydrogens (primary N) is 2. The highest BCUT2D eigenvalue weighted by molar-refractivity contribution is 7.98. The molecule has 4 rings (SSSR count). The fourth-order valence-corrected chi connectivity index (χ4v) is 9.83. The number of aliphatic hydroxyl groups excluding tert-OH is 1. The van der Waals surface area contributed by atoms with E-state index in [4.69, 9.17) is 16.0 Å². The number of amides is 13.